The number of carbonyl (C=O) groups excluding carboxylic acids is 2. The molecule has 2 aromatic carbocycles. The summed E-state index contributed by atoms with van der Waals surface area (Å²) in [5.41, 5.74) is 0.819. The molecule has 0 radical (unpaired) electrons. The van der Waals surface area contributed by atoms with Crippen LogP contribution in [0, 0.1) is 0 Å². The van der Waals surface area contributed by atoms with Gasteiger partial charge in [0.2, 0.25) is 11.8 Å². The Bertz CT molecular complexity index is 918. The van der Waals surface area contributed by atoms with Crippen LogP contribution in [0.15, 0.2) is 47.4 Å². The van der Waals surface area contributed by atoms with Crippen LogP contribution in [0.1, 0.15) is 38.2 Å². The number of benzene rings is 2. The Balaban J connectivity index is 1.72. The highest BCUT2D eigenvalue weighted by molar-refractivity contribution is 8.00. The van der Waals surface area contributed by atoms with E-state index in [1.165, 1.54) is 11.8 Å². The molecule has 0 saturated heterocycles. The second-order valence-corrected chi connectivity index (χ2v) is 9.98. The van der Waals surface area contributed by atoms with Crippen molar-refractivity contribution in [2.75, 3.05) is 5.75 Å². The summed E-state index contributed by atoms with van der Waals surface area (Å²) in [5, 5.41) is 4.62. The van der Waals surface area contributed by atoms with E-state index in [0.717, 1.165) is 36.1 Å². The van der Waals surface area contributed by atoms with Gasteiger partial charge in [-0.05, 0) is 61.7 Å². The first-order valence-electron chi connectivity index (χ1n) is 10.3. The first-order valence-corrected chi connectivity index (χ1v) is 12.4. The van der Waals surface area contributed by atoms with E-state index in [9.17, 15) is 9.59 Å². The normalized spacial score (nSPS) is 15.0. The van der Waals surface area contributed by atoms with E-state index in [1.54, 1.807) is 36.1 Å². The molecule has 1 fully saturated rings. The average Bonchev–Trinajstić information content (AvgIpc) is 3.26. The number of nitrogens with zero attached hydrogens (tertiary/aromatic N) is 1. The SMILES string of the molecule is CC(C(=O)NC1CCCC1)N(Cc1ccc(Cl)c(Cl)c1)C(=O)CSc1ccc(Cl)cc1. The second-order valence-electron chi connectivity index (χ2n) is 7.68. The Morgan fingerprint density at radius 3 is 2.39 bits per heavy atom. The summed E-state index contributed by atoms with van der Waals surface area (Å²) >= 11 is 19.5. The predicted molar refractivity (Wildman–Crippen MR) is 129 cm³/mol. The van der Waals surface area contributed by atoms with Crippen molar-refractivity contribution < 1.29 is 9.59 Å². The second kappa shape index (κ2) is 11.5. The number of nitrogens with one attached hydrogen (secondary N) is 1. The maximum Gasteiger partial charge on any atom is 0.242 e. The molecule has 0 bridgehead atoms. The number of hydrogen-bond donors (Lipinski definition) is 1. The lowest BCUT2D eigenvalue weighted by atomic mass is 10.1. The maximum absolute atomic E-state index is 13.2. The van der Waals surface area contributed by atoms with Gasteiger partial charge in [-0.1, -0.05) is 53.7 Å². The standard InChI is InChI=1S/C23H25Cl3N2O2S/c1-15(23(30)27-18-4-2-3-5-18)28(13-16-6-11-20(25)21(26)12-16)22(29)14-31-19-9-7-17(24)8-10-19/h6-12,15,18H,2-5,13-14H2,1H3,(H,27,30). The van der Waals surface area contributed by atoms with Gasteiger partial charge in [0.05, 0.1) is 15.8 Å². The molecular weight excluding hydrogens is 475 g/mol. The molecule has 1 aliphatic carbocycles. The molecule has 1 atom stereocenters. The summed E-state index contributed by atoms with van der Waals surface area (Å²) in [6.45, 7) is 2.04. The van der Waals surface area contributed by atoms with Crippen LogP contribution in [0.5, 0.6) is 0 Å². The van der Waals surface area contributed by atoms with Gasteiger partial charge in [0, 0.05) is 22.5 Å². The number of halogens is 3. The van der Waals surface area contributed by atoms with E-state index in [2.05, 4.69) is 5.32 Å². The molecule has 0 aliphatic heterocycles. The number of rotatable bonds is 8. The van der Waals surface area contributed by atoms with Gasteiger partial charge in [-0.2, -0.15) is 0 Å². The van der Waals surface area contributed by atoms with E-state index in [-0.39, 0.29) is 30.2 Å². The lowest BCUT2D eigenvalue weighted by Gasteiger charge is -2.29. The van der Waals surface area contributed by atoms with Gasteiger partial charge in [0.1, 0.15) is 6.04 Å². The summed E-state index contributed by atoms with van der Waals surface area (Å²) in [4.78, 5) is 28.6. The molecule has 1 N–H and O–H groups in total. The van der Waals surface area contributed by atoms with Crippen LogP contribution in [0.3, 0.4) is 0 Å². The minimum atomic E-state index is -0.603. The first kappa shape index (κ1) is 24.2. The van der Waals surface area contributed by atoms with Crippen LogP contribution >= 0.6 is 46.6 Å². The lowest BCUT2D eigenvalue weighted by Crippen LogP contribution is -2.50. The molecule has 1 aliphatic rings. The van der Waals surface area contributed by atoms with Crippen LogP contribution in [0.4, 0.5) is 0 Å². The zero-order valence-corrected chi connectivity index (χ0v) is 20.3. The minimum Gasteiger partial charge on any atom is -0.352 e. The van der Waals surface area contributed by atoms with Gasteiger partial charge in [-0.3, -0.25) is 9.59 Å². The van der Waals surface area contributed by atoms with E-state index < -0.39 is 6.04 Å². The van der Waals surface area contributed by atoms with Crippen LogP contribution in [0.25, 0.3) is 0 Å². The van der Waals surface area contributed by atoms with Gasteiger partial charge >= 0.3 is 0 Å². The van der Waals surface area contributed by atoms with Crippen LogP contribution in [0.2, 0.25) is 15.1 Å². The van der Waals surface area contributed by atoms with Crippen LogP contribution in [-0.4, -0.2) is 34.6 Å². The van der Waals surface area contributed by atoms with Gasteiger partial charge in [0.25, 0.3) is 0 Å². The first-order chi connectivity index (χ1) is 14.8. The molecule has 0 spiro atoms. The fraction of sp³-hybridized carbons (Fsp3) is 0.391. The van der Waals surface area contributed by atoms with Crippen LogP contribution in [-0.2, 0) is 16.1 Å². The third-order valence-electron chi connectivity index (χ3n) is 5.38. The molecule has 2 amide bonds. The van der Waals surface area contributed by atoms with Crippen LogP contribution < -0.4 is 5.32 Å². The fourth-order valence-electron chi connectivity index (χ4n) is 3.57. The molecule has 4 nitrogen and oxygen atoms in total. The molecule has 8 heteroatoms. The number of amides is 2. The Hall–Kier alpha value is -1.40. The minimum absolute atomic E-state index is 0.125. The Morgan fingerprint density at radius 2 is 1.74 bits per heavy atom. The molecule has 1 saturated carbocycles. The highest BCUT2D eigenvalue weighted by Crippen LogP contribution is 2.25. The van der Waals surface area contributed by atoms with Crippen molar-refractivity contribution in [2.24, 2.45) is 0 Å². The van der Waals surface area contributed by atoms with E-state index in [0.29, 0.717) is 15.1 Å². The zero-order chi connectivity index (χ0) is 22.4. The van der Waals surface area contributed by atoms with Crippen molar-refractivity contribution in [3.05, 3.63) is 63.1 Å². The lowest BCUT2D eigenvalue weighted by molar-refractivity contribution is -0.138. The van der Waals surface area contributed by atoms with E-state index >= 15 is 0 Å². The molecule has 166 valence electrons. The Labute approximate surface area is 202 Å². The maximum atomic E-state index is 13.2. The van der Waals surface area contributed by atoms with Gasteiger partial charge in [0.15, 0.2) is 0 Å². The monoisotopic (exact) mass is 498 g/mol. The summed E-state index contributed by atoms with van der Waals surface area (Å²) in [7, 11) is 0. The third kappa shape index (κ3) is 7.04. The molecule has 0 aromatic heterocycles. The van der Waals surface area contributed by atoms with Crippen molar-refractivity contribution >= 4 is 58.4 Å². The third-order valence-corrected chi connectivity index (χ3v) is 7.37. The molecular formula is C23H25Cl3N2O2S. The highest BCUT2D eigenvalue weighted by atomic mass is 35.5. The number of hydrogen-bond acceptors (Lipinski definition) is 3. The quantitative estimate of drug-likeness (QED) is 0.439. The smallest absolute Gasteiger partial charge is 0.242 e. The Kier molecular flexibility index (Phi) is 8.96. The van der Waals surface area contributed by atoms with Crippen molar-refractivity contribution in [3.8, 4) is 0 Å². The largest absolute Gasteiger partial charge is 0.352 e. The molecule has 0 heterocycles. The number of thioether (sulfide) groups is 1. The topological polar surface area (TPSA) is 49.4 Å². The number of carbonyl (C=O) groups is 2. The average molecular weight is 500 g/mol. The molecule has 31 heavy (non-hydrogen) atoms. The highest BCUT2D eigenvalue weighted by Gasteiger charge is 2.28. The molecule has 1 unspecified atom stereocenters. The van der Waals surface area contributed by atoms with Gasteiger partial charge in [-0.25, -0.2) is 0 Å². The van der Waals surface area contributed by atoms with Gasteiger partial charge in [-0.15, -0.1) is 11.8 Å². The van der Waals surface area contributed by atoms with E-state index in [4.69, 9.17) is 34.8 Å². The van der Waals surface area contributed by atoms with Gasteiger partial charge < -0.3 is 10.2 Å². The van der Waals surface area contributed by atoms with Crippen molar-refractivity contribution in [1.82, 2.24) is 10.2 Å². The van der Waals surface area contributed by atoms with Crippen molar-refractivity contribution in [1.29, 1.82) is 0 Å². The summed E-state index contributed by atoms with van der Waals surface area (Å²) in [5.74, 6) is -0.0406. The predicted octanol–water partition coefficient (Wildman–Crippen LogP) is 6.22. The van der Waals surface area contributed by atoms with Crippen molar-refractivity contribution in [2.45, 2.75) is 56.1 Å². The van der Waals surface area contributed by atoms with Crippen molar-refractivity contribution in [3.63, 3.8) is 0 Å². The summed E-state index contributed by atoms with van der Waals surface area (Å²) < 4.78 is 0. The van der Waals surface area contributed by atoms with E-state index in [1.807, 2.05) is 18.2 Å². The molecule has 3 rings (SSSR count). The molecule has 2 aromatic rings. The summed E-state index contributed by atoms with van der Waals surface area (Å²) in [6, 6.07) is 12.2. The summed E-state index contributed by atoms with van der Waals surface area (Å²) in [6.07, 6.45) is 4.24. The Morgan fingerprint density at radius 1 is 1.06 bits per heavy atom. The zero-order valence-electron chi connectivity index (χ0n) is 17.2. The fourth-order valence-corrected chi connectivity index (χ4v) is 4.80.